The monoisotopic (exact) mass is 277 g/mol. The first-order valence-corrected chi connectivity index (χ1v) is 6.53. The lowest BCUT2D eigenvalue weighted by Crippen LogP contribution is -2.11. The number of hydrogen-bond donors (Lipinski definition) is 1. The van der Waals surface area contributed by atoms with E-state index < -0.39 is 11.6 Å². The van der Waals surface area contributed by atoms with Gasteiger partial charge in [0.05, 0.1) is 0 Å². The van der Waals surface area contributed by atoms with Crippen molar-refractivity contribution in [1.82, 2.24) is 0 Å². The molecule has 0 amide bonds. The Labute approximate surface area is 117 Å². The molecule has 0 fully saturated rings. The summed E-state index contributed by atoms with van der Waals surface area (Å²) in [5.41, 5.74) is 7.06. The highest BCUT2D eigenvalue weighted by molar-refractivity contribution is 5.36. The van der Waals surface area contributed by atoms with E-state index in [9.17, 15) is 8.78 Å². The zero-order valence-corrected chi connectivity index (χ0v) is 11.3. The van der Waals surface area contributed by atoms with Gasteiger partial charge in [-0.2, -0.15) is 0 Å². The molecule has 0 aliphatic heterocycles. The molecular weight excluding hydrogens is 260 g/mol. The lowest BCUT2D eigenvalue weighted by Gasteiger charge is -2.15. The number of benzene rings is 2. The first kappa shape index (κ1) is 14.5. The number of nitrogens with two attached hydrogens (primary N) is 1. The van der Waals surface area contributed by atoms with Crippen molar-refractivity contribution in [2.24, 2.45) is 5.73 Å². The van der Waals surface area contributed by atoms with E-state index in [0.717, 1.165) is 18.1 Å². The summed E-state index contributed by atoms with van der Waals surface area (Å²) in [6.45, 7) is 1.95. The maximum atomic E-state index is 13.5. The first-order chi connectivity index (χ1) is 9.63. The summed E-state index contributed by atoms with van der Waals surface area (Å²) in [5.74, 6) is -1.14. The normalized spacial score (nSPS) is 12.2. The van der Waals surface area contributed by atoms with Crippen LogP contribution in [0.3, 0.4) is 0 Å². The van der Waals surface area contributed by atoms with Gasteiger partial charge in [-0.25, -0.2) is 8.78 Å². The third-order valence-electron chi connectivity index (χ3n) is 3.17. The Kier molecular flexibility index (Phi) is 4.69. The molecule has 0 radical (unpaired) electrons. The minimum Gasteiger partial charge on any atom is -0.488 e. The molecule has 0 saturated carbocycles. The van der Waals surface area contributed by atoms with Crippen LogP contribution in [-0.4, -0.2) is 0 Å². The fourth-order valence-electron chi connectivity index (χ4n) is 1.95. The molecule has 2 aromatic rings. The summed E-state index contributed by atoms with van der Waals surface area (Å²) in [4.78, 5) is 0. The van der Waals surface area contributed by atoms with Gasteiger partial charge >= 0.3 is 0 Å². The molecule has 0 spiro atoms. The minimum atomic E-state index is -0.871. The van der Waals surface area contributed by atoms with Gasteiger partial charge in [-0.05, 0) is 18.6 Å². The summed E-state index contributed by atoms with van der Waals surface area (Å²) in [6.07, 6.45) is 0.773. The fourth-order valence-corrected chi connectivity index (χ4v) is 1.95. The van der Waals surface area contributed by atoms with Crippen LogP contribution in [0.5, 0.6) is 5.75 Å². The second-order valence-electron chi connectivity index (χ2n) is 4.55. The zero-order chi connectivity index (χ0) is 14.5. The van der Waals surface area contributed by atoms with Gasteiger partial charge in [-0.1, -0.05) is 37.3 Å². The molecule has 0 saturated heterocycles. The van der Waals surface area contributed by atoms with Gasteiger partial charge in [0.15, 0.2) is 11.6 Å². The van der Waals surface area contributed by atoms with Crippen LogP contribution in [0, 0.1) is 11.6 Å². The number of ether oxygens (including phenoxy) is 1. The van der Waals surface area contributed by atoms with E-state index in [1.165, 1.54) is 12.1 Å². The Morgan fingerprint density at radius 3 is 2.60 bits per heavy atom. The fraction of sp³-hybridized carbons (Fsp3) is 0.250. The topological polar surface area (TPSA) is 35.2 Å². The average molecular weight is 277 g/mol. The van der Waals surface area contributed by atoms with Crippen LogP contribution >= 0.6 is 0 Å². The molecule has 0 aromatic heterocycles. The van der Waals surface area contributed by atoms with Crippen molar-refractivity contribution in [2.45, 2.75) is 26.0 Å². The first-order valence-electron chi connectivity index (χ1n) is 6.53. The van der Waals surface area contributed by atoms with Gasteiger partial charge in [0.25, 0.3) is 0 Å². The smallest absolute Gasteiger partial charge is 0.165 e. The maximum absolute atomic E-state index is 13.5. The largest absolute Gasteiger partial charge is 0.488 e. The average Bonchev–Trinajstić information content (AvgIpc) is 2.48. The third kappa shape index (κ3) is 3.14. The van der Waals surface area contributed by atoms with E-state index in [1.807, 2.05) is 25.1 Å². The predicted molar refractivity (Wildman–Crippen MR) is 74.4 cm³/mol. The molecule has 20 heavy (non-hydrogen) atoms. The van der Waals surface area contributed by atoms with Crippen molar-refractivity contribution in [2.75, 3.05) is 0 Å². The second kappa shape index (κ2) is 6.48. The van der Waals surface area contributed by atoms with Crippen molar-refractivity contribution in [3.05, 3.63) is 65.2 Å². The molecule has 2 aromatic carbocycles. The van der Waals surface area contributed by atoms with E-state index in [0.29, 0.717) is 5.75 Å². The molecule has 2 rings (SSSR count). The molecule has 106 valence electrons. The summed E-state index contributed by atoms with van der Waals surface area (Å²) >= 11 is 0. The van der Waals surface area contributed by atoms with E-state index in [2.05, 4.69) is 0 Å². The lowest BCUT2D eigenvalue weighted by molar-refractivity contribution is 0.292. The molecule has 0 heterocycles. The number of para-hydroxylation sites is 1. The van der Waals surface area contributed by atoms with Crippen molar-refractivity contribution in [3.63, 3.8) is 0 Å². The summed E-state index contributed by atoms with van der Waals surface area (Å²) in [5, 5.41) is 0. The van der Waals surface area contributed by atoms with Gasteiger partial charge in [0, 0.05) is 17.2 Å². The third-order valence-corrected chi connectivity index (χ3v) is 3.17. The van der Waals surface area contributed by atoms with Crippen molar-refractivity contribution in [1.29, 1.82) is 0 Å². The van der Waals surface area contributed by atoms with Crippen molar-refractivity contribution >= 4 is 0 Å². The molecule has 0 aliphatic rings. The standard InChI is InChI=1S/C16H17F2NO/c1-2-14(19)12-7-3-4-9-15(12)20-10-11-6-5-8-13(17)16(11)18/h3-9,14H,2,10,19H2,1H3/t14-/m0/s1. The molecule has 4 heteroatoms. The van der Waals surface area contributed by atoms with Crippen LogP contribution in [0.25, 0.3) is 0 Å². The molecule has 0 bridgehead atoms. The van der Waals surface area contributed by atoms with Gasteiger partial charge in [-0.3, -0.25) is 0 Å². The van der Waals surface area contributed by atoms with E-state index in [1.54, 1.807) is 6.07 Å². The Morgan fingerprint density at radius 2 is 1.85 bits per heavy atom. The summed E-state index contributed by atoms with van der Waals surface area (Å²) in [6, 6.07) is 11.3. The van der Waals surface area contributed by atoms with Gasteiger partial charge in [-0.15, -0.1) is 0 Å². The van der Waals surface area contributed by atoms with Crippen LogP contribution in [0.15, 0.2) is 42.5 Å². The van der Waals surface area contributed by atoms with Crippen LogP contribution < -0.4 is 10.5 Å². The van der Waals surface area contributed by atoms with Crippen molar-refractivity contribution in [3.8, 4) is 5.75 Å². The van der Waals surface area contributed by atoms with E-state index in [4.69, 9.17) is 10.5 Å². The number of halogens is 2. The highest BCUT2D eigenvalue weighted by atomic mass is 19.2. The summed E-state index contributed by atoms with van der Waals surface area (Å²) in [7, 11) is 0. The Bertz CT molecular complexity index is 586. The maximum Gasteiger partial charge on any atom is 0.165 e. The number of hydrogen-bond acceptors (Lipinski definition) is 2. The second-order valence-corrected chi connectivity index (χ2v) is 4.55. The number of rotatable bonds is 5. The lowest BCUT2D eigenvalue weighted by atomic mass is 10.0. The SMILES string of the molecule is CC[C@H](N)c1ccccc1OCc1cccc(F)c1F. The van der Waals surface area contributed by atoms with Crippen molar-refractivity contribution < 1.29 is 13.5 Å². The van der Waals surface area contributed by atoms with Gasteiger partial charge in [0.1, 0.15) is 12.4 Å². The molecule has 0 aliphatic carbocycles. The summed E-state index contributed by atoms with van der Waals surface area (Å²) < 4.78 is 32.3. The van der Waals surface area contributed by atoms with Gasteiger partial charge in [0.2, 0.25) is 0 Å². The zero-order valence-electron chi connectivity index (χ0n) is 11.3. The van der Waals surface area contributed by atoms with Gasteiger partial charge < -0.3 is 10.5 Å². The Morgan fingerprint density at radius 1 is 1.10 bits per heavy atom. The Balaban J connectivity index is 2.17. The molecule has 2 nitrogen and oxygen atoms in total. The Hall–Kier alpha value is -1.94. The molecule has 2 N–H and O–H groups in total. The highest BCUT2D eigenvalue weighted by Gasteiger charge is 2.12. The molecule has 0 unspecified atom stereocenters. The van der Waals surface area contributed by atoms with Crippen LogP contribution in [0.4, 0.5) is 8.78 Å². The molecular formula is C16H17F2NO. The van der Waals surface area contributed by atoms with Crippen LogP contribution in [0.2, 0.25) is 0 Å². The van der Waals surface area contributed by atoms with E-state index >= 15 is 0 Å². The minimum absolute atomic E-state index is 0.0307. The van der Waals surface area contributed by atoms with Crippen LogP contribution in [-0.2, 0) is 6.61 Å². The predicted octanol–water partition coefficient (Wildman–Crippen LogP) is 3.95. The molecule has 1 atom stereocenters. The van der Waals surface area contributed by atoms with E-state index in [-0.39, 0.29) is 18.2 Å². The van der Waals surface area contributed by atoms with Crippen LogP contribution in [0.1, 0.15) is 30.5 Å². The highest BCUT2D eigenvalue weighted by Crippen LogP contribution is 2.26. The quantitative estimate of drug-likeness (QED) is 0.898.